The molecule has 0 saturated heterocycles. The highest BCUT2D eigenvalue weighted by molar-refractivity contribution is 5.73. The van der Waals surface area contributed by atoms with Gasteiger partial charge in [-0.2, -0.15) is 0 Å². The van der Waals surface area contributed by atoms with Crippen LogP contribution < -0.4 is 20.7 Å². The molecule has 39 heavy (non-hydrogen) atoms. The lowest BCUT2D eigenvalue weighted by atomic mass is 9.86. The third-order valence-electron chi connectivity index (χ3n) is 6.14. The van der Waals surface area contributed by atoms with E-state index in [1.165, 1.54) is 11.8 Å². The minimum Gasteiger partial charge on any atom is -0.492 e. The normalized spacial score (nSPS) is 21.1. The zero-order valence-electron chi connectivity index (χ0n) is 24.8. The van der Waals surface area contributed by atoms with Gasteiger partial charge in [-0.05, 0) is 62.1 Å². The van der Waals surface area contributed by atoms with Gasteiger partial charge in [-0.15, -0.1) is 0 Å². The van der Waals surface area contributed by atoms with Crippen LogP contribution in [-0.2, 0) is 19.7 Å². The Kier molecular flexibility index (Phi) is 11.5. The molecule has 0 aliphatic heterocycles. The monoisotopic (exact) mass is 535 g/mol. The van der Waals surface area contributed by atoms with Crippen molar-refractivity contribution in [3.63, 3.8) is 0 Å². The van der Waals surface area contributed by atoms with E-state index in [2.05, 4.69) is 80.4 Å². The summed E-state index contributed by atoms with van der Waals surface area (Å²) in [6.07, 6.45) is 17.6. The Morgan fingerprint density at radius 2 is 1.77 bits per heavy atom. The van der Waals surface area contributed by atoms with Gasteiger partial charge in [-0.25, -0.2) is 0 Å². The molecule has 0 fully saturated rings. The summed E-state index contributed by atoms with van der Waals surface area (Å²) in [6, 6.07) is 4.30. The molecular weight excluding hydrogens is 490 g/mol. The van der Waals surface area contributed by atoms with Crippen LogP contribution in [0.1, 0.15) is 60.5 Å². The van der Waals surface area contributed by atoms with E-state index >= 15 is 0 Å². The molecule has 1 aromatic rings. The zero-order chi connectivity index (χ0) is 29.1. The van der Waals surface area contributed by atoms with Gasteiger partial charge >= 0.3 is 0 Å². The molecular formula is C32H45N3O4. The molecule has 1 aliphatic rings. The second-order valence-corrected chi connectivity index (χ2v) is 10.9. The molecule has 1 atom stereocenters. The van der Waals surface area contributed by atoms with Gasteiger partial charge in [0.15, 0.2) is 5.75 Å². The molecule has 3 N–H and O–H groups in total. The summed E-state index contributed by atoms with van der Waals surface area (Å²) in [4.78, 5) is 10.5. The van der Waals surface area contributed by atoms with Crippen molar-refractivity contribution < 1.29 is 19.0 Å². The van der Waals surface area contributed by atoms with E-state index in [0.717, 1.165) is 28.6 Å². The molecule has 0 heterocycles. The molecule has 0 spiro atoms. The van der Waals surface area contributed by atoms with Gasteiger partial charge < -0.3 is 30.2 Å². The molecule has 1 aliphatic carbocycles. The average molecular weight is 536 g/mol. The first-order valence-corrected chi connectivity index (χ1v) is 13.2. The lowest BCUT2D eigenvalue weighted by Gasteiger charge is -2.34. The summed E-state index contributed by atoms with van der Waals surface area (Å²) < 4.78 is 16.5. The van der Waals surface area contributed by atoms with Gasteiger partial charge in [0, 0.05) is 31.2 Å². The largest absolute Gasteiger partial charge is 0.492 e. The van der Waals surface area contributed by atoms with E-state index in [-0.39, 0.29) is 11.3 Å². The Labute approximate surface area is 234 Å². The average Bonchev–Trinajstić information content (AvgIpc) is 2.88. The van der Waals surface area contributed by atoms with Crippen LogP contribution in [0.5, 0.6) is 5.75 Å². The molecule has 0 aromatic heterocycles. The molecule has 7 heteroatoms. The molecule has 2 rings (SSSR count). The van der Waals surface area contributed by atoms with Crippen LogP contribution in [0.15, 0.2) is 84.2 Å². The van der Waals surface area contributed by atoms with Gasteiger partial charge in [0.25, 0.3) is 6.47 Å². The predicted octanol–water partition coefficient (Wildman–Crippen LogP) is 7.30. The number of anilines is 2. The van der Waals surface area contributed by atoms with Gasteiger partial charge in [0.1, 0.15) is 17.2 Å². The summed E-state index contributed by atoms with van der Waals surface area (Å²) in [5, 5.41) is 10.6. The van der Waals surface area contributed by atoms with E-state index in [1.54, 1.807) is 13.2 Å². The fourth-order valence-corrected chi connectivity index (χ4v) is 4.00. The van der Waals surface area contributed by atoms with Crippen molar-refractivity contribution >= 4 is 17.8 Å². The topological polar surface area (TPSA) is 80.9 Å². The number of hydrogen-bond donors (Lipinski definition) is 3. The van der Waals surface area contributed by atoms with E-state index in [9.17, 15) is 4.79 Å². The molecule has 1 unspecified atom stereocenters. The maximum atomic E-state index is 10.5. The van der Waals surface area contributed by atoms with Crippen LogP contribution in [0.3, 0.4) is 0 Å². The van der Waals surface area contributed by atoms with Crippen molar-refractivity contribution in [2.75, 3.05) is 24.8 Å². The summed E-state index contributed by atoms with van der Waals surface area (Å²) in [7, 11) is 3.59. The number of nitrogens with one attached hydrogen (secondary N) is 3. The highest BCUT2D eigenvalue weighted by atomic mass is 16.5. The first kappa shape index (κ1) is 31.3. The van der Waals surface area contributed by atoms with Crippen molar-refractivity contribution in [3.8, 4) is 5.75 Å². The van der Waals surface area contributed by atoms with E-state index in [0.29, 0.717) is 18.7 Å². The number of carbonyl (C=O) groups excluding carboxylic acids is 1. The molecule has 212 valence electrons. The van der Waals surface area contributed by atoms with Crippen molar-refractivity contribution in [1.29, 1.82) is 0 Å². The Morgan fingerprint density at radius 1 is 1.05 bits per heavy atom. The summed E-state index contributed by atoms with van der Waals surface area (Å²) >= 11 is 0. The minimum atomic E-state index is -0.527. The molecule has 0 amide bonds. The van der Waals surface area contributed by atoms with Crippen LogP contribution in [0.4, 0.5) is 11.4 Å². The lowest BCUT2D eigenvalue weighted by Crippen LogP contribution is -2.47. The van der Waals surface area contributed by atoms with Gasteiger partial charge in [0.05, 0.1) is 24.7 Å². The van der Waals surface area contributed by atoms with Crippen LogP contribution >= 0.6 is 0 Å². The summed E-state index contributed by atoms with van der Waals surface area (Å²) in [6.45, 7) is 15.2. The zero-order valence-corrected chi connectivity index (χ0v) is 24.8. The third kappa shape index (κ3) is 9.74. The maximum Gasteiger partial charge on any atom is 0.297 e. The van der Waals surface area contributed by atoms with E-state index < -0.39 is 5.66 Å². The van der Waals surface area contributed by atoms with Crippen LogP contribution in [0.25, 0.3) is 0 Å². The molecule has 1 aromatic carbocycles. The predicted molar refractivity (Wildman–Crippen MR) is 161 cm³/mol. The Morgan fingerprint density at radius 3 is 2.38 bits per heavy atom. The van der Waals surface area contributed by atoms with E-state index in [1.807, 2.05) is 50.4 Å². The first-order valence-electron chi connectivity index (χ1n) is 13.2. The lowest BCUT2D eigenvalue weighted by molar-refractivity contribution is -0.123. The molecule has 0 bridgehead atoms. The Bertz CT molecular complexity index is 1160. The molecule has 7 nitrogen and oxygen atoms in total. The Hall–Kier alpha value is -3.87. The van der Waals surface area contributed by atoms with Crippen molar-refractivity contribution in [2.24, 2.45) is 5.92 Å². The van der Waals surface area contributed by atoms with Crippen LogP contribution in [-0.4, -0.2) is 26.3 Å². The van der Waals surface area contributed by atoms with E-state index in [4.69, 9.17) is 9.47 Å². The second kappa shape index (κ2) is 14.3. The smallest absolute Gasteiger partial charge is 0.297 e. The van der Waals surface area contributed by atoms with Gasteiger partial charge in [0.2, 0.25) is 0 Å². The van der Waals surface area contributed by atoms with Crippen molar-refractivity contribution in [3.05, 3.63) is 89.8 Å². The molecule has 0 saturated carbocycles. The number of methoxy groups -OCH3 is 1. The molecule has 0 radical (unpaired) electrons. The van der Waals surface area contributed by atoms with Gasteiger partial charge in [-0.3, -0.25) is 4.79 Å². The Balaban J connectivity index is 2.41. The van der Waals surface area contributed by atoms with Crippen molar-refractivity contribution in [1.82, 2.24) is 5.32 Å². The van der Waals surface area contributed by atoms with Gasteiger partial charge in [-0.1, -0.05) is 52.0 Å². The number of rotatable bonds is 11. The fourth-order valence-electron chi connectivity index (χ4n) is 4.00. The SMILES string of the molecule is C/C=C(\C=C/OC=O)O/C1=C/C=C(/NC(C)(C)Nc2cc(C(C)(C)C)cc(NC)c2OC)C(C)/C=C\C=C/C1. The van der Waals surface area contributed by atoms with Crippen molar-refractivity contribution in [2.45, 2.75) is 66.0 Å². The van der Waals surface area contributed by atoms with Crippen LogP contribution in [0.2, 0.25) is 0 Å². The number of ether oxygens (including phenoxy) is 3. The fraction of sp³-hybridized carbons (Fsp3) is 0.406. The quantitative estimate of drug-likeness (QED) is 0.119. The first-order chi connectivity index (χ1) is 18.4. The summed E-state index contributed by atoms with van der Waals surface area (Å²) in [5.74, 6) is 2.21. The standard InChI is InChI=1S/C32H45N3O4/c1-10-25(18-19-38-22-36)39-26-15-13-11-12-14-23(2)27(17-16-26)34-32(6,7)35-29-21-24(31(3,4)5)20-28(33-8)30(29)37-9/h10-14,16-23,33-35H,15H2,1-9H3/b13-11-,14-12-,19-18-,25-10+,26-16+,27-17+. The maximum absolute atomic E-state index is 10.5. The second-order valence-electron chi connectivity index (χ2n) is 10.9. The highest BCUT2D eigenvalue weighted by Crippen LogP contribution is 2.39. The highest BCUT2D eigenvalue weighted by Gasteiger charge is 2.25. The third-order valence-corrected chi connectivity index (χ3v) is 6.14. The summed E-state index contributed by atoms with van der Waals surface area (Å²) in [5.41, 5.74) is 3.49. The number of hydrogen-bond acceptors (Lipinski definition) is 7. The number of allylic oxidation sites excluding steroid dienone is 8. The minimum absolute atomic E-state index is 0.0287. The van der Waals surface area contributed by atoms with Crippen LogP contribution in [0, 0.1) is 5.92 Å². The number of carbonyl (C=O) groups is 1. The number of benzene rings is 1.